The molecule has 0 aliphatic carbocycles. The fourth-order valence-corrected chi connectivity index (χ4v) is 2.67. The predicted octanol–water partition coefficient (Wildman–Crippen LogP) is 2.69. The first-order chi connectivity index (χ1) is 7.63. The summed E-state index contributed by atoms with van der Waals surface area (Å²) in [6.45, 7) is 1.92. The summed E-state index contributed by atoms with van der Waals surface area (Å²) in [7, 11) is -3.65. The van der Waals surface area contributed by atoms with Crippen LogP contribution in [0.4, 0.5) is 0 Å². The second kappa shape index (κ2) is 4.38. The number of benzene rings is 2. The monoisotopic (exact) mass is 236 g/mol. The fourth-order valence-electron chi connectivity index (χ4n) is 1.60. The van der Waals surface area contributed by atoms with Gasteiger partial charge in [-0.15, -0.1) is 0 Å². The van der Waals surface area contributed by atoms with Crippen molar-refractivity contribution in [2.45, 2.75) is 6.92 Å². The van der Waals surface area contributed by atoms with Crippen LogP contribution in [0, 0.1) is 0 Å². The predicted molar refractivity (Wildman–Crippen MR) is 65.0 cm³/mol. The van der Waals surface area contributed by atoms with Crippen molar-refractivity contribution in [3.63, 3.8) is 0 Å². The van der Waals surface area contributed by atoms with Crippen LogP contribution >= 0.6 is 7.60 Å². The van der Waals surface area contributed by atoms with E-state index in [1.165, 1.54) is 0 Å². The lowest BCUT2D eigenvalue weighted by atomic mass is 10.1. The Morgan fingerprint density at radius 1 is 1.19 bits per heavy atom. The maximum absolute atomic E-state index is 11.8. The lowest BCUT2D eigenvalue weighted by Crippen LogP contribution is -2.06. The van der Waals surface area contributed by atoms with Crippen LogP contribution < -0.4 is 5.30 Å². The first-order valence-corrected chi connectivity index (χ1v) is 6.68. The van der Waals surface area contributed by atoms with Crippen molar-refractivity contribution in [2.24, 2.45) is 0 Å². The topological polar surface area (TPSA) is 46.5 Å². The first kappa shape index (κ1) is 11.3. The van der Waals surface area contributed by atoms with E-state index in [0.717, 1.165) is 10.8 Å². The smallest absolute Gasteiger partial charge is 0.321 e. The Balaban J connectivity index is 2.51. The van der Waals surface area contributed by atoms with Gasteiger partial charge < -0.3 is 9.42 Å². The molecule has 16 heavy (non-hydrogen) atoms. The summed E-state index contributed by atoms with van der Waals surface area (Å²) in [6.07, 6.45) is 0. The average molecular weight is 236 g/mol. The summed E-state index contributed by atoms with van der Waals surface area (Å²) in [5.41, 5.74) is 0. The number of fused-ring (bicyclic) bond motifs is 1. The first-order valence-electron chi connectivity index (χ1n) is 5.10. The second-order valence-corrected chi connectivity index (χ2v) is 5.29. The normalized spacial score (nSPS) is 14.9. The molecule has 2 rings (SSSR count). The highest BCUT2D eigenvalue weighted by molar-refractivity contribution is 7.61. The Hall–Kier alpha value is -1.15. The molecule has 0 heterocycles. The van der Waals surface area contributed by atoms with Gasteiger partial charge in [0.2, 0.25) is 0 Å². The van der Waals surface area contributed by atoms with Gasteiger partial charge in [0.05, 0.1) is 11.9 Å². The largest absolute Gasteiger partial charge is 0.358 e. The van der Waals surface area contributed by atoms with E-state index in [9.17, 15) is 9.46 Å². The Morgan fingerprint density at radius 3 is 2.56 bits per heavy atom. The summed E-state index contributed by atoms with van der Waals surface area (Å²) in [4.78, 5) is 9.68. The molecule has 0 bridgehead atoms. The van der Waals surface area contributed by atoms with Gasteiger partial charge >= 0.3 is 7.60 Å². The van der Waals surface area contributed by atoms with Gasteiger partial charge in [-0.05, 0) is 29.8 Å². The SMILES string of the molecule is CCOP(=O)(O)c1ccc2ccccc2c1. The maximum atomic E-state index is 11.8. The molecule has 0 spiro atoms. The van der Waals surface area contributed by atoms with Crippen molar-refractivity contribution in [1.82, 2.24) is 0 Å². The molecular formula is C12H13O3P. The molecule has 0 aromatic heterocycles. The minimum absolute atomic E-state index is 0.223. The van der Waals surface area contributed by atoms with Crippen LogP contribution in [0.3, 0.4) is 0 Å². The van der Waals surface area contributed by atoms with Crippen molar-refractivity contribution in [2.75, 3.05) is 6.61 Å². The third kappa shape index (κ3) is 2.17. The van der Waals surface area contributed by atoms with Crippen molar-refractivity contribution in [3.8, 4) is 0 Å². The highest BCUT2D eigenvalue weighted by Crippen LogP contribution is 2.40. The molecule has 1 N–H and O–H groups in total. The van der Waals surface area contributed by atoms with Gasteiger partial charge in [0.25, 0.3) is 0 Å². The summed E-state index contributed by atoms with van der Waals surface area (Å²) in [6, 6.07) is 12.9. The van der Waals surface area contributed by atoms with Crippen LogP contribution in [0.5, 0.6) is 0 Å². The quantitative estimate of drug-likeness (QED) is 0.833. The molecule has 84 valence electrons. The minimum Gasteiger partial charge on any atom is -0.321 e. The average Bonchev–Trinajstić information content (AvgIpc) is 2.28. The van der Waals surface area contributed by atoms with Gasteiger partial charge in [-0.2, -0.15) is 0 Å². The van der Waals surface area contributed by atoms with E-state index in [2.05, 4.69) is 0 Å². The van der Waals surface area contributed by atoms with E-state index >= 15 is 0 Å². The summed E-state index contributed by atoms with van der Waals surface area (Å²) >= 11 is 0. The highest BCUT2D eigenvalue weighted by Gasteiger charge is 2.21. The molecule has 0 saturated heterocycles. The molecular weight excluding hydrogens is 223 g/mol. The lowest BCUT2D eigenvalue weighted by Gasteiger charge is -2.11. The third-order valence-corrected chi connectivity index (χ3v) is 3.90. The van der Waals surface area contributed by atoms with Crippen LogP contribution in [0.15, 0.2) is 42.5 Å². The third-order valence-electron chi connectivity index (χ3n) is 2.36. The molecule has 0 saturated carbocycles. The zero-order valence-electron chi connectivity index (χ0n) is 8.96. The van der Waals surface area contributed by atoms with E-state index in [-0.39, 0.29) is 6.61 Å². The Bertz CT molecular complexity index is 551. The van der Waals surface area contributed by atoms with Crippen LogP contribution in [0.25, 0.3) is 10.8 Å². The van der Waals surface area contributed by atoms with Gasteiger partial charge in [0.15, 0.2) is 0 Å². The van der Waals surface area contributed by atoms with Gasteiger partial charge in [0, 0.05) is 0 Å². The molecule has 1 atom stereocenters. The number of rotatable bonds is 3. The van der Waals surface area contributed by atoms with Crippen molar-refractivity contribution < 1.29 is 14.0 Å². The lowest BCUT2D eigenvalue weighted by molar-refractivity contribution is 0.284. The molecule has 4 heteroatoms. The highest BCUT2D eigenvalue weighted by atomic mass is 31.2. The van der Waals surface area contributed by atoms with Crippen molar-refractivity contribution >= 4 is 23.7 Å². The molecule has 0 fully saturated rings. The maximum Gasteiger partial charge on any atom is 0.358 e. The molecule has 2 aromatic rings. The van der Waals surface area contributed by atoms with Crippen molar-refractivity contribution in [3.05, 3.63) is 42.5 Å². The number of hydrogen-bond donors (Lipinski definition) is 1. The van der Waals surface area contributed by atoms with Gasteiger partial charge in [-0.3, -0.25) is 4.57 Å². The molecule has 0 radical (unpaired) electrons. The van der Waals surface area contributed by atoms with E-state index < -0.39 is 7.60 Å². The van der Waals surface area contributed by atoms with Crippen LogP contribution in [0.2, 0.25) is 0 Å². The van der Waals surface area contributed by atoms with E-state index in [0.29, 0.717) is 5.30 Å². The van der Waals surface area contributed by atoms with E-state index in [4.69, 9.17) is 4.52 Å². The minimum atomic E-state index is -3.65. The van der Waals surface area contributed by atoms with Crippen LogP contribution in [-0.4, -0.2) is 11.5 Å². The number of hydrogen-bond acceptors (Lipinski definition) is 2. The molecule has 0 amide bonds. The summed E-state index contributed by atoms with van der Waals surface area (Å²) in [5.74, 6) is 0. The summed E-state index contributed by atoms with van der Waals surface area (Å²) < 4.78 is 16.7. The molecule has 0 aliphatic rings. The van der Waals surface area contributed by atoms with Crippen molar-refractivity contribution in [1.29, 1.82) is 0 Å². The zero-order valence-corrected chi connectivity index (χ0v) is 9.85. The standard InChI is InChI=1S/C12H13O3P/c1-2-15-16(13,14)12-8-7-10-5-3-4-6-11(10)9-12/h3-9H,2H2,1H3,(H,13,14). The molecule has 1 unspecified atom stereocenters. The van der Waals surface area contributed by atoms with Gasteiger partial charge in [-0.1, -0.05) is 30.3 Å². The van der Waals surface area contributed by atoms with Gasteiger partial charge in [-0.25, -0.2) is 0 Å². The van der Waals surface area contributed by atoms with E-state index in [1.54, 1.807) is 19.1 Å². The second-order valence-electron chi connectivity index (χ2n) is 3.47. The Morgan fingerprint density at radius 2 is 1.88 bits per heavy atom. The molecule has 2 aromatic carbocycles. The molecule has 3 nitrogen and oxygen atoms in total. The zero-order chi connectivity index (χ0) is 11.6. The molecule has 0 aliphatic heterocycles. The fraction of sp³-hybridized carbons (Fsp3) is 0.167. The van der Waals surface area contributed by atoms with E-state index in [1.807, 2.05) is 30.3 Å². The van der Waals surface area contributed by atoms with Crippen LogP contribution in [0.1, 0.15) is 6.92 Å². The Kier molecular flexibility index (Phi) is 3.10. The van der Waals surface area contributed by atoms with Gasteiger partial charge in [0.1, 0.15) is 0 Å². The summed E-state index contributed by atoms with van der Waals surface area (Å²) in [5, 5.41) is 2.32. The Labute approximate surface area is 94.2 Å². The van der Waals surface area contributed by atoms with Crippen LogP contribution in [-0.2, 0) is 9.09 Å².